The molecule has 2 atom stereocenters. The van der Waals surface area contributed by atoms with E-state index < -0.39 is 0 Å². The number of nitrogens with two attached hydrogens (primary N) is 1. The van der Waals surface area contributed by atoms with Gasteiger partial charge in [-0.2, -0.15) is 0 Å². The molecule has 3 N–H and O–H groups in total. The Morgan fingerprint density at radius 2 is 2.18 bits per heavy atom. The smallest absolute Gasteiger partial charge is 0.0574 e. The number of nitrogen functional groups attached to an aromatic ring is 1. The van der Waals surface area contributed by atoms with Crippen LogP contribution in [0.15, 0.2) is 18.2 Å². The third-order valence-electron chi connectivity index (χ3n) is 3.83. The molecular weight excluding hydrogens is 208 g/mol. The SMILES string of the molecule is Cc1ccc(NCC2CCCC(C)C2)c(N)c1. The van der Waals surface area contributed by atoms with Gasteiger partial charge in [-0.05, 0) is 49.3 Å². The molecule has 17 heavy (non-hydrogen) atoms. The number of hydrogen-bond donors (Lipinski definition) is 2. The number of aryl methyl sites for hydroxylation is 1. The molecule has 1 aromatic rings. The highest BCUT2D eigenvalue weighted by molar-refractivity contribution is 5.66. The quantitative estimate of drug-likeness (QED) is 0.778. The molecule has 0 radical (unpaired) electrons. The first-order valence-electron chi connectivity index (χ1n) is 6.75. The van der Waals surface area contributed by atoms with Gasteiger partial charge in [-0.3, -0.25) is 0 Å². The Morgan fingerprint density at radius 1 is 1.35 bits per heavy atom. The van der Waals surface area contributed by atoms with Gasteiger partial charge in [-0.25, -0.2) is 0 Å². The Kier molecular flexibility index (Phi) is 3.93. The standard InChI is InChI=1S/C15H24N2/c1-11-4-3-5-13(8-11)10-17-15-7-6-12(2)9-14(15)16/h6-7,9,11,13,17H,3-5,8,10,16H2,1-2H3. The maximum Gasteiger partial charge on any atom is 0.0574 e. The van der Waals surface area contributed by atoms with E-state index in [4.69, 9.17) is 5.73 Å². The fraction of sp³-hybridized carbons (Fsp3) is 0.600. The van der Waals surface area contributed by atoms with Gasteiger partial charge in [0.2, 0.25) is 0 Å². The summed E-state index contributed by atoms with van der Waals surface area (Å²) in [6.45, 7) is 5.51. The first kappa shape index (κ1) is 12.3. The summed E-state index contributed by atoms with van der Waals surface area (Å²) in [6, 6.07) is 6.24. The van der Waals surface area contributed by atoms with Gasteiger partial charge >= 0.3 is 0 Å². The summed E-state index contributed by atoms with van der Waals surface area (Å²) in [6.07, 6.45) is 5.52. The summed E-state index contributed by atoms with van der Waals surface area (Å²) in [5.74, 6) is 1.71. The first-order chi connectivity index (χ1) is 8.15. The highest BCUT2D eigenvalue weighted by Gasteiger charge is 2.18. The van der Waals surface area contributed by atoms with Crippen molar-refractivity contribution in [2.24, 2.45) is 11.8 Å². The lowest BCUT2D eigenvalue weighted by Crippen LogP contribution is -2.21. The summed E-state index contributed by atoms with van der Waals surface area (Å²) in [5.41, 5.74) is 9.18. The second-order valence-electron chi connectivity index (χ2n) is 5.61. The van der Waals surface area contributed by atoms with Crippen LogP contribution in [0, 0.1) is 18.8 Å². The van der Waals surface area contributed by atoms with E-state index in [1.807, 2.05) is 6.07 Å². The molecule has 0 bridgehead atoms. The molecule has 2 nitrogen and oxygen atoms in total. The van der Waals surface area contributed by atoms with Crippen molar-refractivity contribution in [2.45, 2.75) is 39.5 Å². The lowest BCUT2D eigenvalue weighted by molar-refractivity contribution is 0.293. The molecule has 2 unspecified atom stereocenters. The molecule has 1 aliphatic rings. The zero-order valence-corrected chi connectivity index (χ0v) is 11.0. The van der Waals surface area contributed by atoms with Crippen molar-refractivity contribution in [1.29, 1.82) is 0 Å². The van der Waals surface area contributed by atoms with Gasteiger partial charge in [0.1, 0.15) is 0 Å². The molecule has 1 saturated carbocycles. The number of hydrogen-bond acceptors (Lipinski definition) is 2. The maximum absolute atomic E-state index is 6.00. The lowest BCUT2D eigenvalue weighted by Gasteiger charge is -2.27. The average molecular weight is 232 g/mol. The van der Waals surface area contributed by atoms with E-state index in [1.54, 1.807) is 0 Å². The van der Waals surface area contributed by atoms with Crippen molar-refractivity contribution in [1.82, 2.24) is 0 Å². The second kappa shape index (κ2) is 5.44. The second-order valence-corrected chi connectivity index (χ2v) is 5.61. The molecule has 1 aromatic carbocycles. The van der Waals surface area contributed by atoms with E-state index in [9.17, 15) is 0 Å². The van der Waals surface area contributed by atoms with Gasteiger partial charge in [0.25, 0.3) is 0 Å². The van der Waals surface area contributed by atoms with E-state index in [-0.39, 0.29) is 0 Å². The highest BCUT2D eigenvalue weighted by Crippen LogP contribution is 2.29. The predicted octanol–water partition coefficient (Wildman–Crippen LogP) is 3.82. The van der Waals surface area contributed by atoms with Crippen molar-refractivity contribution in [3.63, 3.8) is 0 Å². The Balaban J connectivity index is 1.88. The third kappa shape index (κ3) is 3.39. The molecular formula is C15H24N2. The van der Waals surface area contributed by atoms with Crippen molar-refractivity contribution in [3.05, 3.63) is 23.8 Å². The fourth-order valence-electron chi connectivity index (χ4n) is 2.84. The monoisotopic (exact) mass is 232 g/mol. The Morgan fingerprint density at radius 3 is 2.88 bits per heavy atom. The number of nitrogens with one attached hydrogen (secondary N) is 1. The molecule has 1 aliphatic carbocycles. The van der Waals surface area contributed by atoms with Crippen LogP contribution < -0.4 is 11.1 Å². The van der Waals surface area contributed by atoms with E-state index in [0.29, 0.717) is 0 Å². The minimum atomic E-state index is 0.819. The van der Waals surface area contributed by atoms with Crippen molar-refractivity contribution < 1.29 is 0 Å². The van der Waals surface area contributed by atoms with Crippen LogP contribution in [-0.4, -0.2) is 6.54 Å². The van der Waals surface area contributed by atoms with Crippen molar-refractivity contribution >= 4 is 11.4 Å². The maximum atomic E-state index is 6.00. The zero-order chi connectivity index (χ0) is 12.3. The highest BCUT2D eigenvalue weighted by atomic mass is 14.9. The topological polar surface area (TPSA) is 38.0 Å². The van der Waals surface area contributed by atoms with Crippen LogP contribution in [-0.2, 0) is 0 Å². The summed E-state index contributed by atoms with van der Waals surface area (Å²) in [7, 11) is 0. The normalized spacial score (nSPS) is 24.6. The Labute approximate surface area is 105 Å². The minimum absolute atomic E-state index is 0.819. The van der Waals surface area contributed by atoms with Crippen LogP contribution in [0.25, 0.3) is 0 Å². The molecule has 0 saturated heterocycles. The molecule has 2 heteroatoms. The van der Waals surface area contributed by atoms with Gasteiger partial charge in [0, 0.05) is 6.54 Å². The van der Waals surface area contributed by atoms with E-state index in [2.05, 4.69) is 31.3 Å². The Hall–Kier alpha value is -1.18. The van der Waals surface area contributed by atoms with Crippen LogP contribution >= 0.6 is 0 Å². The summed E-state index contributed by atoms with van der Waals surface area (Å²) in [4.78, 5) is 0. The van der Waals surface area contributed by atoms with Crippen LogP contribution in [0.5, 0.6) is 0 Å². The Bertz CT molecular complexity index is 373. The molecule has 2 rings (SSSR count). The van der Waals surface area contributed by atoms with Gasteiger partial charge in [-0.1, -0.05) is 25.8 Å². The van der Waals surface area contributed by atoms with Crippen LogP contribution in [0.4, 0.5) is 11.4 Å². The summed E-state index contributed by atoms with van der Waals surface area (Å²) in [5, 5.41) is 3.51. The minimum Gasteiger partial charge on any atom is -0.397 e. The molecule has 0 aromatic heterocycles. The predicted molar refractivity (Wildman–Crippen MR) is 75.2 cm³/mol. The largest absolute Gasteiger partial charge is 0.397 e. The van der Waals surface area contributed by atoms with Crippen LogP contribution in [0.1, 0.15) is 38.2 Å². The van der Waals surface area contributed by atoms with E-state index in [0.717, 1.165) is 29.8 Å². The lowest BCUT2D eigenvalue weighted by atomic mass is 9.82. The molecule has 0 aliphatic heterocycles. The van der Waals surface area contributed by atoms with E-state index in [1.165, 1.54) is 31.2 Å². The number of anilines is 2. The third-order valence-corrected chi connectivity index (χ3v) is 3.83. The van der Waals surface area contributed by atoms with Crippen molar-refractivity contribution in [3.8, 4) is 0 Å². The molecule has 94 valence electrons. The van der Waals surface area contributed by atoms with Crippen molar-refractivity contribution in [2.75, 3.05) is 17.6 Å². The van der Waals surface area contributed by atoms with E-state index >= 15 is 0 Å². The summed E-state index contributed by atoms with van der Waals surface area (Å²) >= 11 is 0. The summed E-state index contributed by atoms with van der Waals surface area (Å²) < 4.78 is 0. The fourth-order valence-corrected chi connectivity index (χ4v) is 2.84. The molecule has 0 heterocycles. The molecule has 0 amide bonds. The number of benzene rings is 1. The van der Waals surface area contributed by atoms with Crippen LogP contribution in [0.3, 0.4) is 0 Å². The zero-order valence-electron chi connectivity index (χ0n) is 11.0. The van der Waals surface area contributed by atoms with Crippen LogP contribution in [0.2, 0.25) is 0 Å². The first-order valence-corrected chi connectivity index (χ1v) is 6.75. The van der Waals surface area contributed by atoms with Gasteiger partial charge < -0.3 is 11.1 Å². The average Bonchev–Trinajstić information content (AvgIpc) is 2.28. The van der Waals surface area contributed by atoms with Gasteiger partial charge in [0.15, 0.2) is 0 Å². The van der Waals surface area contributed by atoms with Gasteiger partial charge in [-0.15, -0.1) is 0 Å². The molecule has 0 spiro atoms. The molecule has 1 fully saturated rings. The van der Waals surface area contributed by atoms with Gasteiger partial charge in [0.05, 0.1) is 11.4 Å². The number of rotatable bonds is 3.